The first kappa shape index (κ1) is 16.5. The molecule has 0 radical (unpaired) electrons. The highest BCUT2D eigenvalue weighted by molar-refractivity contribution is 6.08. The maximum Gasteiger partial charge on any atom is 0.113 e. The number of anilines is 1. The summed E-state index contributed by atoms with van der Waals surface area (Å²) >= 11 is 0. The van der Waals surface area contributed by atoms with E-state index in [0.717, 1.165) is 22.3 Å². The van der Waals surface area contributed by atoms with Crippen molar-refractivity contribution >= 4 is 33.6 Å². The van der Waals surface area contributed by atoms with Gasteiger partial charge in [-0.25, -0.2) is 4.39 Å². The standard InChI is InChI=1S/C19H21FN2O2/c20-7-9-24-11-10-23-8-1-2-14-3-5-16-17-6-4-15(21)13-19(17)22-18(16)12-14/h1-6,12-13,22H,7-11,21H2/b2-1+. The number of hydrogen-bond donors (Lipinski definition) is 2. The van der Waals surface area contributed by atoms with Crippen LogP contribution in [0.25, 0.3) is 27.9 Å². The summed E-state index contributed by atoms with van der Waals surface area (Å²) in [6.07, 6.45) is 3.97. The number of ether oxygens (including phenoxy) is 2. The number of nitrogen functional groups attached to an aromatic ring is 1. The Bertz CT molecular complexity index is 842. The Morgan fingerprint density at radius 2 is 1.71 bits per heavy atom. The van der Waals surface area contributed by atoms with Crippen molar-refractivity contribution in [3.05, 3.63) is 48.0 Å². The van der Waals surface area contributed by atoms with Gasteiger partial charge in [0.15, 0.2) is 0 Å². The SMILES string of the molecule is Nc1ccc2c(c1)[nH]c1cc(/C=C/COCCOCCF)ccc12. The van der Waals surface area contributed by atoms with Gasteiger partial charge < -0.3 is 20.2 Å². The zero-order valence-corrected chi connectivity index (χ0v) is 13.4. The van der Waals surface area contributed by atoms with E-state index < -0.39 is 6.67 Å². The molecule has 3 rings (SSSR count). The number of halogens is 1. The van der Waals surface area contributed by atoms with E-state index in [2.05, 4.69) is 23.2 Å². The van der Waals surface area contributed by atoms with E-state index in [1.807, 2.05) is 30.4 Å². The van der Waals surface area contributed by atoms with Crippen molar-refractivity contribution in [3.8, 4) is 0 Å². The predicted molar refractivity (Wildman–Crippen MR) is 96.9 cm³/mol. The summed E-state index contributed by atoms with van der Waals surface area (Å²) in [6.45, 7) is 1.06. The second-order valence-corrected chi connectivity index (χ2v) is 5.51. The molecule has 0 unspecified atom stereocenters. The molecule has 126 valence electrons. The average Bonchev–Trinajstić information content (AvgIpc) is 2.93. The summed E-state index contributed by atoms with van der Waals surface area (Å²) in [4.78, 5) is 3.40. The van der Waals surface area contributed by atoms with Crippen LogP contribution in [0.1, 0.15) is 5.56 Å². The van der Waals surface area contributed by atoms with Crippen LogP contribution >= 0.6 is 0 Å². The maximum absolute atomic E-state index is 11.8. The molecule has 2 aromatic carbocycles. The lowest BCUT2D eigenvalue weighted by atomic mass is 10.1. The van der Waals surface area contributed by atoms with E-state index in [9.17, 15) is 4.39 Å². The Morgan fingerprint density at radius 3 is 2.54 bits per heavy atom. The van der Waals surface area contributed by atoms with Gasteiger partial charge in [-0.15, -0.1) is 0 Å². The fourth-order valence-corrected chi connectivity index (χ4v) is 2.66. The van der Waals surface area contributed by atoms with Crippen LogP contribution in [0.4, 0.5) is 10.1 Å². The Balaban J connectivity index is 1.61. The fraction of sp³-hybridized carbons (Fsp3) is 0.263. The molecule has 0 atom stereocenters. The monoisotopic (exact) mass is 328 g/mol. The molecular formula is C19H21FN2O2. The largest absolute Gasteiger partial charge is 0.399 e. The molecule has 3 N–H and O–H groups in total. The molecule has 1 heterocycles. The van der Waals surface area contributed by atoms with Gasteiger partial charge in [0, 0.05) is 27.5 Å². The Labute approximate surface area is 140 Å². The third kappa shape index (κ3) is 3.93. The third-order valence-corrected chi connectivity index (χ3v) is 3.76. The van der Waals surface area contributed by atoms with Crippen LogP contribution in [0.3, 0.4) is 0 Å². The predicted octanol–water partition coefficient (Wildman–Crippen LogP) is 3.92. The summed E-state index contributed by atoms with van der Waals surface area (Å²) in [7, 11) is 0. The topological polar surface area (TPSA) is 60.3 Å². The first-order valence-electron chi connectivity index (χ1n) is 7.97. The molecule has 0 spiro atoms. The fourth-order valence-electron chi connectivity index (χ4n) is 2.66. The van der Waals surface area contributed by atoms with Gasteiger partial charge in [-0.1, -0.05) is 30.4 Å². The maximum atomic E-state index is 11.8. The Hall–Kier alpha value is -2.37. The van der Waals surface area contributed by atoms with Gasteiger partial charge in [0.1, 0.15) is 6.67 Å². The lowest BCUT2D eigenvalue weighted by Crippen LogP contribution is -2.05. The van der Waals surface area contributed by atoms with Crippen LogP contribution < -0.4 is 5.73 Å². The van der Waals surface area contributed by atoms with Gasteiger partial charge in [0.25, 0.3) is 0 Å². The molecule has 3 aromatic rings. The number of H-pyrrole nitrogens is 1. The van der Waals surface area contributed by atoms with Crippen molar-refractivity contribution in [1.82, 2.24) is 4.98 Å². The molecule has 0 aliphatic carbocycles. The molecule has 0 fully saturated rings. The van der Waals surface area contributed by atoms with Gasteiger partial charge in [0.05, 0.1) is 26.4 Å². The lowest BCUT2D eigenvalue weighted by molar-refractivity contribution is 0.0527. The Kier molecular flexibility index (Phi) is 5.46. The number of fused-ring (bicyclic) bond motifs is 3. The van der Waals surface area contributed by atoms with Crippen LogP contribution in [-0.4, -0.2) is 38.1 Å². The van der Waals surface area contributed by atoms with Crippen LogP contribution in [0.5, 0.6) is 0 Å². The molecule has 0 aliphatic heterocycles. The second kappa shape index (κ2) is 7.95. The molecule has 1 aromatic heterocycles. The van der Waals surface area contributed by atoms with Crippen LogP contribution in [0, 0.1) is 0 Å². The zero-order valence-electron chi connectivity index (χ0n) is 13.4. The molecule has 0 saturated carbocycles. The van der Waals surface area contributed by atoms with Gasteiger partial charge >= 0.3 is 0 Å². The van der Waals surface area contributed by atoms with Crippen LogP contribution in [-0.2, 0) is 9.47 Å². The summed E-state index contributed by atoms with van der Waals surface area (Å²) in [6, 6.07) is 12.2. The number of alkyl halides is 1. The molecule has 24 heavy (non-hydrogen) atoms. The van der Waals surface area contributed by atoms with E-state index in [0.29, 0.717) is 19.8 Å². The smallest absolute Gasteiger partial charge is 0.113 e. The molecule has 0 aliphatic rings. The Morgan fingerprint density at radius 1 is 0.958 bits per heavy atom. The van der Waals surface area contributed by atoms with Crippen molar-refractivity contribution in [2.75, 3.05) is 38.8 Å². The van der Waals surface area contributed by atoms with Crippen molar-refractivity contribution in [2.45, 2.75) is 0 Å². The minimum Gasteiger partial charge on any atom is -0.399 e. The summed E-state index contributed by atoms with van der Waals surface area (Å²) < 4.78 is 22.2. The summed E-state index contributed by atoms with van der Waals surface area (Å²) in [5.41, 5.74) is 9.81. The molecule has 0 bridgehead atoms. The number of benzene rings is 2. The summed E-state index contributed by atoms with van der Waals surface area (Å²) in [5, 5.41) is 2.36. The van der Waals surface area contributed by atoms with E-state index in [-0.39, 0.29) is 6.61 Å². The van der Waals surface area contributed by atoms with E-state index in [1.165, 1.54) is 10.8 Å². The highest BCUT2D eigenvalue weighted by Gasteiger charge is 2.04. The van der Waals surface area contributed by atoms with E-state index in [1.54, 1.807) is 0 Å². The molecule has 0 amide bonds. The number of hydrogen-bond acceptors (Lipinski definition) is 3. The lowest BCUT2D eigenvalue weighted by Gasteiger charge is -2.01. The number of aromatic amines is 1. The third-order valence-electron chi connectivity index (χ3n) is 3.76. The van der Waals surface area contributed by atoms with Crippen molar-refractivity contribution in [3.63, 3.8) is 0 Å². The zero-order chi connectivity index (χ0) is 16.8. The number of nitrogens with two attached hydrogens (primary N) is 1. The first-order valence-corrected chi connectivity index (χ1v) is 7.97. The van der Waals surface area contributed by atoms with Gasteiger partial charge in [-0.2, -0.15) is 0 Å². The quantitative estimate of drug-likeness (QED) is 0.487. The first-order chi connectivity index (χ1) is 11.8. The van der Waals surface area contributed by atoms with Crippen molar-refractivity contribution in [1.29, 1.82) is 0 Å². The highest BCUT2D eigenvalue weighted by atomic mass is 19.1. The molecule has 5 heteroatoms. The van der Waals surface area contributed by atoms with Crippen molar-refractivity contribution in [2.24, 2.45) is 0 Å². The molecule has 0 saturated heterocycles. The second-order valence-electron chi connectivity index (χ2n) is 5.51. The van der Waals surface area contributed by atoms with Crippen LogP contribution in [0.15, 0.2) is 42.5 Å². The minimum atomic E-state index is -0.456. The van der Waals surface area contributed by atoms with E-state index >= 15 is 0 Å². The van der Waals surface area contributed by atoms with Gasteiger partial charge in [0.2, 0.25) is 0 Å². The molecule has 4 nitrogen and oxygen atoms in total. The van der Waals surface area contributed by atoms with E-state index in [4.69, 9.17) is 15.2 Å². The number of aromatic nitrogens is 1. The van der Waals surface area contributed by atoms with Gasteiger partial charge in [-0.3, -0.25) is 0 Å². The normalized spacial score (nSPS) is 11.9. The van der Waals surface area contributed by atoms with Crippen molar-refractivity contribution < 1.29 is 13.9 Å². The number of nitrogens with one attached hydrogen (secondary N) is 1. The average molecular weight is 328 g/mol. The highest BCUT2D eigenvalue weighted by Crippen LogP contribution is 2.27. The number of rotatable bonds is 8. The van der Waals surface area contributed by atoms with Crippen LogP contribution in [0.2, 0.25) is 0 Å². The minimum absolute atomic E-state index is 0.134. The summed E-state index contributed by atoms with van der Waals surface area (Å²) in [5.74, 6) is 0. The molecular weight excluding hydrogens is 307 g/mol. The van der Waals surface area contributed by atoms with Gasteiger partial charge in [-0.05, 0) is 23.8 Å².